The molecule has 0 fully saturated rings. The molecule has 0 saturated heterocycles. The van der Waals surface area contributed by atoms with Crippen molar-refractivity contribution in [1.29, 1.82) is 0 Å². The quantitative estimate of drug-likeness (QED) is 0.713. The Bertz CT molecular complexity index is 853. The van der Waals surface area contributed by atoms with E-state index in [2.05, 4.69) is 25.7 Å². The lowest BCUT2D eigenvalue weighted by molar-refractivity contribution is 0.0520. The van der Waals surface area contributed by atoms with Crippen molar-refractivity contribution in [3.63, 3.8) is 0 Å². The van der Waals surface area contributed by atoms with Crippen LogP contribution in [-0.2, 0) is 9.47 Å². The maximum atomic E-state index is 12.6. The third-order valence-corrected chi connectivity index (χ3v) is 3.63. The Labute approximate surface area is 152 Å². The molecule has 2 amide bonds. The summed E-state index contributed by atoms with van der Waals surface area (Å²) in [6, 6.07) is 5.02. The summed E-state index contributed by atoms with van der Waals surface area (Å²) < 4.78 is 11.7. The van der Waals surface area contributed by atoms with E-state index in [0.29, 0.717) is 15.5 Å². The van der Waals surface area contributed by atoms with Gasteiger partial charge in [0.05, 0.1) is 18.1 Å². The molecule has 0 aliphatic heterocycles. The third kappa shape index (κ3) is 3.98. The summed E-state index contributed by atoms with van der Waals surface area (Å²) in [5.74, 6) is -1.03. The summed E-state index contributed by atoms with van der Waals surface area (Å²) in [4.78, 5) is 41.8. The molecule has 0 atom stereocenters. The van der Waals surface area contributed by atoms with E-state index >= 15 is 0 Å². The molecule has 25 heavy (non-hydrogen) atoms. The van der Waals surface area contributed by atoms with E-state index in [-0.39, 0.29) is 5.82 Å². The van der Waals surface area contributed by atoms with Crippen LogP contribution in [0.2, 0.25) is 0 Å². The Hall–Kier alpha value is -2.42. The summed E-state index contributed by atoms with van der Waals surface area (Å²) >= 11 is 3.32. The van der Waals surface area contributed by atoms with Gasteiger partial charge in [-0.2, -0.15) is 0 Å². The van der Waals surface area contributed by atoms with Crippen molar-refractivity contribution in [3.8, 4) is 0 Å². The molecule has 0 unspecified atom stereocenters. The van der Waals surface area contributed by atoms with Crippen LogP contribution in [0.3, 0.4) is 0 Å². The van der Waals surface area contributed by atoms with Gasteiger partial charge in [0.15, 0.2) is 0 Å². The Balaban J connectivity index is 2.63. The number of ether oxygens (including phenoxy) is 2. The number of nitrogens with zero attached hydrogens (tertiary/aromatic N) is 3. The normalized spacial score (nSPS) is 11.3. The fraction of sp³-hybridized carbons (Fsp3) is 0.375. The first kappa shape index (κ1) is 18.9. The minimum Gasteiger partial charge on any atom is -0.452 e. The second kappa shape index (κ2) is 6.83. The molecule has 2 aromatic rings. The van der Waals surface area contributed by atoms with Crippen LogP contribution in [-0.4, -0.2) is 52.3 Å². The largest absolute Gasteiger partial charge is 0.452 e. The van der Waals surface area contributed by atoms with Crippen LogP contribution in [0, 0.1) is 0 Å². The van der Waals surface area contributed by atoms with Crippen LogP contribution < -0.4 is 0 Å². The molecule has 0 radical (unpaired) electrons. The number of benzene rings is 1. The molecular formula is C16H18BrN3O5. The summed E-state index contributed by atoms with van der Waals surface area (Å²) in [5.41, 5.74) is 0.0229. The number of amides is 2. The van der Waals surface area contributed by atoms with Crippen molar-refractivity contribution < 1.29 is 23.9 Å². The zero-order chi connectivity index (χ0) is 18.9. The van der Waals surface area contributed by atoms with Gasteiger partial charge in [0, 0.05) is 11.5 Å². The number of imide groups is 1. The lowest BCUT2D eigenvalue weighted by Gasteiger charge is -2.21. The Morgan fingerprint density at radius 1 is 1.24 bits per heavy atom. The van der Waals surface area contributed by atoms with Gasteiger partial charge < -0.3 is 9.47 Å². The summed E-state index contributed by atoms with van der Waals surface area (Å²) in [6.45, 7) is 5.13. The third-order valence-electron chi connectivity index (χ3n) is 3.14. The first-order chi connectivity index (χ1) is 11.5. The standard InChI is InChI=1S/C16H18BrN3O5/c1-16(2,3)25-15(23)20-11-8-9(17)6-7-10(11)18-12(20)13(21)19(4)14(22)24-5/h6-8H,1-5H3. The SMILES string of the molecule is COC(=O)N(C)C(=O)c1nc2ccc(Br)cc2n1C(=O)OC(C)(C)C. The molecule has 8 nitrogen and oxygen atoms in total. The van der Waals surface area contributed by atoms with Gasteiger partial charge in [-0.1, -0.05) is 15.9 Å². The number of imidazole rings is 1. The van der Waals surface area contributed by atoms with Gasteiger partial charge in [0.25, 0.3) is 5.91 Å². The molecule has 134 valence electrons. The lowest BCUT2D eigenvalue weighted by Crippen LogP contribution is -2.36. The summed E-state index contributed by atoms with van der Waals surface area (Å²) in [5, 5.41) is 0. The molecule has 0 aliphatic rings. The zero-order valence-corrected chi connectivity index (χ0v) is 16.1. The van der Waals surface area contributed by atoms with Gasteiger partial charge in [-0.05, 0) is 39.0 Å². The number of carbonyl (C=O) groups is 3. The van der Waals surface area contributed by atoms with Crippen molar-refractivity contribution in [1.82, 2.24) is 14.5 Å². The number of aromatic nitrogens is 2. The predicted octanol–water partition coefficient (Wildman–Crippen LogP) is 3.42. The number of fused-ring (bicyclic) bond motifs is 1. The van der Waals surface area contributed by atoms with Gasteiger partial charge in [0.1, 0.15) is 5.60 Å². The molecule has 1 aromatic carbocycles. The average molecular weight is 412 g/mol. The predicted molar refractivity (Wildman–Crippen MR) is 93.6 cm³/mol. The fourth-order valence-electron chi connectivity index (χ4n) is 2.05. The molecule has 0 bridgehead atoms. The van der Waals surface area contributed by atoms with Gasteiger partial charge in [-0.3, -0.25) is 4.79 Å². The highest BCUT2D eigenvalue weighted by molar-refractivity contribution is 9.10. The Kier molecular flexibility index (Phi) is 5.17. The minimum atomic E-state index is -0.867. The maximum Gasteiger partial charge on any atom is 0.420 e. The van der Waals surface area contributed by atoms with E-state index in [9.17, 15) is 14.4 Å². The zero-order valence-electron chi connectivity index (χ0n) is 14.5. The molecular weight excluding hydrogens is 394 g/mol. The molecule has 2 rings (SSSR count). The van der Waals surface area contributed by atoms with E-state index < -0.39 is 23.7 Å². The van der Waals surface area contributed by atoms with E-state index in [0.717, 1.165) is 16.6 Å². The number of halogens is 1. The van der Waals surface area contributed by atoms with Gasteiger partial charge >= 0.3 is 12.2 Å². The number of methoxy groups -OCH3 is 1. The van der Waals surface area contributed by atoms with Crippen molar-refractivity contribution >= 4 is 45.1 Å². The number of hydrogen-bond acceptors (Lipinski definition) is 6. The number of carbonyl (C=O) groups excluding carboxylic acids is 3. The van der Waals surface area contributed by atoms with Crippen molar-refractivity contribution in [2.75, 3.05) is 14.2 Å². The van der Waals surface area contributed by atoms with Crippen molar-refractivity contribution in [2.45, 2.75) is 26.4 Å². The summed E-state index contributed by atoms with van der Waals surface area (Å²) in [7, 11) is 2.39. The average Bonchev–Trinajstić information content (AvgIpc) is 2.89. The Morgan fingerprint density at radius 3 is 2.44 bits per heavy atom. The Morgan fingerprint density at radius 2 is 1.88 bits per heavy atom. The second-order valence-electron chi connectivity index (χ2n) is 6.22. The van der Waals surface area contributed by atoms with E-state index in [1.165, 1.54) is 7.05 Å². The molecule has 0 spiro atoms. The molecule has 9 heteroatoms. The topological polar surface area (TPSA) is 90.7 Å². The first-order valence-corrected chi connectivity index (χ1v) is 8.12. The molecule has 1 aromatic heterocycles. The molecule has 1 heterocycles. The highest BCUT2D eigenvalue weighted by atomic mass is 79.9. The van der Waals surface area contributed by atoms with Gasteiger partial charge in [-0.25, -0.2) is 24.0 Å². The first-order valence-electron chi connectivity index (χ1n) is 7.32. The smallest absolute Gasteiger partial charge is 0.420 e. The monoisotopic (exact) mass is 411 g/mol. The van der Waals surface area contributed by atoms with Crippen LogP contribution in [0.1, 0.15) is 31.4 Å². The molecule has 0 aliphatic carbocycles. The van der Waals surface area contributed by atoms with Crippen molar-refractivity contribution in [2.24, 2.45) is 0 Å². The van der Waals surface area contributed by atoms with Crippen LogP contribution >= 0.6 is 15.9 Å². The molecule has 0 saturated carbocycles. The van der Waals surface area contributed by atoms with Gasteiger partial charge in [-0.15, -0.1) is 0 Å². The highest BCUT2D eigenvalue weighted by Gasteiger charge is 2.30. The van der Waals surface area contributed by atoms with Crippen LogP contribution in [0.4, 0.5) is 9.59 Å². The minimum absolute atomic E-state index is 0.241. The van der Waals surface area contributed by atoms with E-state index in [4.69, 9.17) is 4.74 Å². The van der Waals surface area contributed by atoms with E-state index in [1.807, 2.05) is 0 Å². The maximum absolute atomic E-state index is 12.6. The van der Waals surface area contributed by atoms with Crippen LogP contribution in [0.5, 0.6) is 0 Å². The van der Waals surface area contributed by atoms with Crippen molar-refractivity contribution in [3.05, 3.63) is 28.5 Å². The van der Waals surface area contributed by atoms with Crippen LogP contribution in [0.25, 0.3) is 11.0 Å². The molecule has 0 N–H and O–H groups in total. The number of rotatable bonds is 1. The number of hydrogen-bond donors (Lipinski definition) is 0. The second-order valence-corrected chi connectivity index (χ2v) is 7.13. The highest BCUT2D eigenvalue weighted by Crippen LogP contribution is 2.23. The summed E-state index contributed by atoms with van der Waals surface area (Å²) in [6.07, 6.45) is -1.64. The fourth-order valence-corrected chi connectivity index (χ4v) is 2.40. The van der Waals surface area contributed by atoms with Crippen LogP contribution in [0.15, 0.2) is 22.7 Å². The lowest BCUT2D eigenvalue weighted by atomic mass is 10.2. The van der Waals surface area contributed by atoms with Gasteiger partial charge in [0.2, 0.25) is 5.82 Å². The van der Waals surface area contributed by atoms with E-state index in [1.54, 1.807) is 39.0 Å².